The number of aromatic nitrogens is 1. The molecule has 1 aromatic heterocycles. The van der Waals surface area contributed by atoms with Crippen LogP contribution in [-0.4, -0.2) is 4.98 Å². The van der Waals surface area contributed by atoms with Crippen molar-refractivity contribution in [1.29, 1.82) is 0 Å². The van der Waals surface area contributed by atoms with Crippen LogP contribution in [0.4, 0.5) is 5.82 Å². The fourth-order valence-electron chi connectivity index (χ4n) is 0.630. The van der Waals surface area contributed by atoms with Gasteiger partial charge in [-0.25, -0.2) is 8.69 Å². The molecule has 2 nitrogen and oxygen atoms in total. The summed E-state index contributed by atoms with van der Waals surface area (Å²) in [5, 5.41) is 0. The van der Waals surface area contributed by atoms with Gasteiger partial charge in [0.25, 0.3) is 0 Å². The summed E-state index contributed by atoms with van der Waals surface area (Å²) in [7, 11) is 0. The van der Waals surface area contributed by atoms with E-state index in [-0.39, 0.29) is 0 Å². The molecule has 0 aliphatic heterocycles. The van der Waals surface area contributed by atoms with E-state index in [4.69, 9.17) is 0 Å². The molecule has 0 fully saturated rings. The molecule has 1 rings (SSSR count). The van der Waals surface area contributed by atoms with Crippen LogP contribution in [-0.2, 0) is 0 Å². The van der Waals surface area contributed by atoms with E-state index in [9.17, 15) is 0 Å². The van der Waals surface area contributed by atoms with Gasteiger partial charge in [0.05, 0.1) is 0 Å². The predicted molar refractivity (Wildman–Crippen MR) is 49.4 cm³/mol. The van der Waals surface area contributed by atoms with Gasteiger partial charge >= 0.3 is 0 Å². The van der Waals surface area contributed by atoms with Crippen molar-refractivity contribution < 1.29 is 0 Å². The average molecular weight is 172 g/mol. The monoisotopic (exact) mass is 172 g/mol. The van der Waals surface area contributed by atoms with Crippen LogP contribution >= 0.6 is 25.6 Å². The Bertz CT molecular complexity index is 225. The highest BCUT2D eigenvalue weighted by Crippen LogP contribution is 2.14. The van der Waals surface area contributed by atoms with Gasteiger partial charge in [0.15, 0.2) is 0 Å². The van der Waals surface area contributed by atoms with Crippen LogP contribution < -0.4 is 3.71 Å². The average Bonchev–Trinajstić information content (AvgIpc) is 1.88. The normalized spacial score (nSPS) is 9.50. The van der Waals surface area contributed by atoms with E-state index in [2.05, 4.69) is 30.6 Å². The molecule has 0 unspecified atom stereocenters. The molecule has 0 N–H and O–H groups in total. The van der Waals surface area contributed by atoms with E-state index in [1.807, 2.05) is 19.1 Å². The summed E-state index contributed by atoms with van der Waals surface area (Å²) < 4.78 is 1.38. The molecule has 1 heterocycles. The molecule has 0 aromatic carbocycles. The van der Waals surface area contributed by atoms with Gasteiger partial charge in [-0.1, -0.05) is 25.6 Å². The second-order valence-corrected chi connectivity index (χ2v) is 3.10. The molecule has 0 aliphatic carbocycles. The third-order valence-electron chi connectivity index (χ3n) is 1.11. The number of thiol groups is 2. The minimum absolute atomic E-state index is 0.742. The molecule has 1 aromatic rings. The highest BCUT2D eigenvalue weighted by atomic mass is 32.2. The zero-order valence-corrected chi connectivity index (χ0v) is 7.31. The molecular formula is C6H8N2S2. The van der Waals surface area contributed by atoms with Crippen LogP contribution in [0, 0.1) is 6.92 Å². The van der Waals surface area contributed by atoms with Crippen molar-refractivity contribution in [2.24, 2.45) is 0 Å². The molecule has 0 saturated heterocycles. The van der Waals surface area contributed by atoms with Crippen molar-refractivity contribution in [3.63, 3.8) is 0 Å². The number of rotatable bonds is 1. The molecule has 0 atom stereocenters. The number of hydrogen-bond acceptors (Lipinski definition) is 4. The predicted octanol–water partition coefficient (Wildman–Crippen LogP) is 1.89. The maximum atomic E-state index is 4.01. The minimum atomic E-state index is 0.742. The van der Waals surface area contributed by atoms with Gasteiger partial charge in [-0.2, -0.15) is 0 Å². The van der Waals surface area contributed by atoms with Crippen molar-refractivity contribution in [3.8, 4) is 0 Å². The molecule has 10 heavy (non-hydrogen) atoms. The van der Waals surface area contributed by atoms with Crippen LogP contribution in [0.3, 0.4) is 0 Å². The molecule has 0 saturated carbocycles. The van der Waals surface area contributed by atoms with Crippen LogP contribution in [0.1, 0.15) is 5.56 Å². The lowest BCUT2D eigenvalue weighted by Gasteiger charge is -2.06. The summed E-state index contributed by atoms with van der Waals surface area (Å²) >= 11 is 7.94. The molecule has 54 valence electrons. The maximum absolute atomic E-state index is 4.01. The lowest BCUT2D eigenvalue weighted by molar-refractivity contribution is 1.27. The maximum Gasteiger partial charge on any atom is 0.148 e. The van der Waals surface area contributed by atoms with Crippen molar-refractivity contribution in [3.05, 3.63) is 23.9 Å². The number of hydrogen-bond donors (Lipinski definition) is 2. The lowest BCUT2D eigenvalue weighted by atomic mass is 10.3. The Hall–Kier alpha value is -0.350. The SMILES string of the molecule is Cc1ccnc(N(S)S)c1. The van der Waals surface area contributed by atoms with E-state index in [0.717, 1.165) is 11.4 Å². The molecular weight excluding hydrogens is 164 g/mol. The Morgan fingerprint density at radius 3 is 2.60 bits per heavy atom. The first kappa shape index (κ1) is 7.75. The van der Waals surface area contributed by atoms with E-state index in [1.54, 1.807) is 6.20 Å². The smallest absolute Gasteiger partial charge is 0.148 e. The topological polar surface area (TPSA) is 16.1 Å². The van der Waals surface area contributed by atoms with Crippen LogP contribution in [0.2, 0.25) is 0 Å². The number of pyridine rings is 1. The molecule has 4 heteroatoms. The third kappa shape index (κ3) is 1.82. The van der Waals surface area contributed by atoms with Gasteiger partial charge in [0, 0.05) is 6.20 Å². The zero-order valence-electron chi connectivity index (χ0n) is 5.52. The highest BCUT2D eigenvalue weighted by Gasteiger charge is 1.95. The van der Waals surface area contributed by atoms with Gasteiger partial charge in [0.2, 0.25) is 0 Å². The second-order valence-electron chi connectivity index (χ2n) is 1.98. The van der Waals surface area contributed by atoms with E-state index in [1.165, 1.54) is 3.71 Å². The Labute approximate surface area is 71.4 Å². The number of aryl methyl sites for hydroxylation is 1. The first-order valence-corrected chi connectivity index (χ1v) is 3.60. The fourth-order valence-corrected chi connectivity index (χ4v) is 0.848. The van der Waals surface area contributed by atoms with Gasteiger partial charge in [-0.05, 0) is 24.6 Å². The van der Waals surface area contributed by atoms with Crippen molar-refractivity contribution in [2.75, 3.05) is 3.71 Å². The Morgan fingerprint density at radius 1 is 1.50 bits per heavy atom. The Morgan fingerprint density at radius 2 is 2.20 bits per heavy atom. The highest BCUT2D eigenvalue weighted by molar-refractivity contribution is 8.00. The van der Waals surface area contributed by atoms with E-state index >= 15 is 0 Å². The number of anilines is 1. The summed E-state index contributed by atoms with van der Waals surface area (Å²) in [5.41, 5.74) is 1.15. The van der Waals surface area contributed by atoms with Gasteiger partial charge < -0.3 is 0 Å². The summed E-state index contributed by atoms with van der Waals surface area (Å²) in [4.78, 5) is 4.01. The van der Waals surface area contributed by atoms with E-state index in [0.29, 0.717) is 0 Å². The molecule has 0 aliphatic rings. The fraction of sp³-hybridized carbons (Fsp3) is 0.167. The lowest BCUT2D eigenvalue weighted by Crippen LogP contribution is -1.95. The van der Waals surface area contributed by atoms with Crippen LogP contribution in [0.5, 0.6) is 0 Å². The molecule has 0 amide bonds. The summed E-state index contributed by atoms with van der Waals surface area (Å²) in [5.74, 6) is 0.742. The summed E-state index contributed by atoms with van der Waals surface area (Å²) in [6.07, 6.45) is 1.73. The quantitative estimate of drug-likeness (QED) is 0.629. The Balaban J connectivity index is 2.96. The first-order chi connectivity index (χ1) is 4.70. The van der Waals surface area contributed by atoms with E-state index < -0.39 is 0 Å². The Kier molecular flexibility index (Phi) is 2.45. The first-order valence-electron chi connectivity index (χ1n) is 2.80. The summed E-state index contributed by atoms with van der Waals surface area (Å²) in [6.45, 7) is 2.00. The standard InChI is InChI=1S/C6H8N2S2/c1-5-2-3-7-6(4-5)8(9)10/h2-4,9-10H,1H3. The number of nitrogens with zero attached hydrogens (tertiary/aromatic N) is 2. The van der Waals surface area contributed by atoms with Gasteiger partial charge in [0.1, 0.15) is 5.82 Å². The molecule has 0 spiro atoms. The van der Waals surface area contributed by atoms with Crippen molar-refractivity contribution >= 4 is 31.4 Å². The third-order valence-corrected chi connectivity index (χ3v) is 1.52. The second kappa shape index (κ2) is 3.16. The zero-order chi connectivity index (χ0) is 7.56. The molecule has 0 bridgehead atoms. The van der Waals surface area contributed by atoms with Crippen LogP contribution in [0.15, 0.2) is 18.3 Å². The van der Waals surface area contributed by atoms with Crippen molar-refractivity contribution in [1.82, 2.24) is 4.98 Å². The van der Waals surface area contributed by atoms with Gasteiger partial charge in [-0.3, -0.25) is 0 Å². The van der Waals surface area contributed by atoms with Gasteiger partial charge in [-0.15, -0.1) is 0 Å². The minimum Gasteiger partial charge on any atom is -0.247 e. The van der Waals surface area contributed by atoms with Crippen LogP contribution in [0.25, 0.3) is 0 Å². The largest absolute Gasteiger partial charge is 0.247 e. The molecule has 0 radical (unpaired) electrons. The summed E-state index contributed by atoms with van der Waals surface area (Å²) in [6, 6.07) is 3.83. The van der Waals surface area contributed by atoms with Crippen molar-refractivity contribution in [2.45, 2.75) is 6.92 Å².